The zero-order valence-corrected chi connectivity index (χ0v) is 13.2. The van der Waals surface area contributed by atoms with Crippen LogP contribution in [0.1, 0.15) is 24.2 Å². The Bertz CT molecular complexity index is 581. The summed E-state index contributed by atoms with van der Waals surface area (Å²) in [5.41, 5.74) is 5.94. The van der Waals surface area contributed by atoms with E-state index >= 15 is 0 Å². The van der Waals surface area contributed by atoms with Crippen molar-refractivity contribution in [3.63, 3.8) is 0 Å². The maximum atomic E-state index is 12.0. The number of carbonyl (C=O) groups is 3. The van der Waals surface area contributed by atoms with Gasteiger partial charge in [-0.05, 0) is 30.2 Å². The maximum Gasteiger partial charge on any atom is 0.329 e. The number of anilines is 1. The molecule has 7 heteroatoms. The Morgan fingerprint density at radius 1 is 1.26 bits per heavy atom. The molecule has 0 aromatic heterocycles. The molecule has 1 atom stereocenters. The summed E-state index contributed by atoms with van der Waals surface area (Å²) in [6, 6.07) is 4.75. The predicted molar refractivity (Wildman–Crippen MR) is 86.9 cm³/mol. The fraction of sp³-hybridized carbons (Fsp3) is 0.312. The molecule has 1 unspecified atom stereocenters. The number of nitrogens with one attached hydrogen (secondary N) is 2. The van der Waals surface area contributed by atoms with E-state index in [-0.39, 0.29) is 12.5 Å². The molecule has 3 amide bonds. The fourth-order valence-electron chi connectivity index (χ4n) is 1.75. The van der Waals surface area contributed by atoms with Crippen molar-refractivity contribution >= 4 is 23.6 Å². The number of hydrogen-bond acceptors (Lipinski definition) is 4. The van der Waals surface area contributed by atoms with E-state index in [1.165, 1.54) is 18.2 Å². The molecule has 7 nitrogen and oxygen atoms in total. The van der Waals surface area contributed by atoms with E-state index in [0.717, 1.165) is 0 Å². The minimum Gasteiger partial charge on any atom is -0.460 e. The number of hydrogen-bond donors (Lipinski definition) is 3. The first-order chi connectivity index (χ1) is 10.8. The summed E-state index contributed by atoms with van der Waals surface area (Å²) in [7, 11) is 0. The second kappa shape index (κ2) is 8.57. The van der Waals surface area contributed by atoms with E-state index in [1.807, 2.05) is 0 Å². The van der Waals surface area contributed by atoms with E-state index in [4.69, 9.17) is 10.5 Å². The van der Waals surface area contributed by atoms with E-state index < -0.39 is 23.9 Å². The summed E-state index contributed by atoms with van der Waals surface area (Å²) in [5.74, 6) is -1.22. The summed E-state index contributed by atoms with van der Waals surface area (Å²) in [5, 5.41) is 5.13. The molecule has 1 rings (SSSR count). The minimum atomic E-state index is -0.778. The second-order valence-electron chi connectivity index (χ2n) is 5.18. The number of carbonyl (C=O) groups excluding carboxylic acids is 3. The lowest BCUT2D eigenvalue weighted by molar-refractivity contribution is -0.145. The van der Waals surface area contributed by atoms with Crippen LogP contribution in [-0.4, -0.2) is 30.6 Å². The van der Waals surface area contributed by atoms with Gasteiger partial charge in [0.1, 0.15) is 12.6 Å². The summed E-state index contributed by atoms with van der Waals surface area (Å²) < 4.78 is 4.96. The highest BCUT2D eigenvalue weighted by Gasteiger charge is 2.25. The standard InChI is InChI=1S/C16H21N3O4/c1-4-9-23-15(21)13(10(2)3)19-16(22)18-12-7-5-11(6-8-12)14(17)20/h4-8,10,13H,1,9H2,2-3H3,(H2,17,20)(H2,18,19,22). The zero-order chi connectivity index (χ0) is 17.4. The van der Waals surface area contributed by atoms with Gasteiger partial charge in [0.15, 0.2) is 0 Å². The van der Waals surface area contributed by atoms with Gasteiger partial charge in [-0.25, -0.2) is 9.59 Å². The molecule has 0 radical (unpaired) electrons. The Morgan fingerprint density at radius 3 is 2.35 bits per heavy atom. The molecule has 4 N–H and O–H groups in total. The van der Waals surface area contributed by atoms with Crippen LogP contribution in [0.25, 0.3) is 0 Å². The van der Waals surface area contributed by atoms with Crippen molar-refractivity contribution < 1.29 is 19.1 Å². The van der Waals surface area contributed by atoms with Crippen molar-refractivity contribution in [1.29, 1.82) is 0 Å². The van der Waals surface area contributed by atoms with Crippen molar-refractivity contribution in [2.24, 2.45) is 11.7 Å². The summed E-state index contributed by atoms with van der Waals surface area (Å²) in [6.07, 6.45) is 1.45. The minimum absolute atomic E-state index is 0.0833. The van der Waals surface area contributed by atoms with Gasteiger partial charge in [0, 0.05) is 11.3 Å². The van der Waals surface area contributed by atoms with Gasteiger partial charge in [-0.1, -0.05) is 26.5 Å². The number of rotatable bonds is 7. The molecule has 0 aliphatic rings. The highest BCUT2D eigenvalue weighted by Crippen LogP contribution is 2.10. The van der Waals surface area contributed by atoms with Gasteiger partial charge in [-0.3, -0.25) is 4.79 Å². The van der Waals surface area contributed by atoms with E-state index in [9.17, 15) is 14.4 Å². The molecule has 0 saturated heterocycles. The molecule has 0 aliphatic carbocycles. The van der Waals surface area contributed by atoms with Crippen molar-refractivity contribution in [3.05, 3.63) is 42.5 Å². The molecular weight excluding hydrogens is 298 g/mol. The summed E-state index contributed by atoms with van der Waals surface area (Å²) >= 11 is 0. The third kappa shape index (κ3) is 5.82. The number of amides is 3. The third-order valence-corrected chi connectivity index (χ3v) is 2.98. The van der Waals surface area contributed by atoms with Gasteiger partial charge in [0.25, 0.3) is 0 Å². The average Bonchev–Trinajstić information content (AvgIpc) is 2.50. The normalized spacial score (nSPS) is 11.4. The molecule has 1 aromatic carbocycles. The van der Waals surface area contributed by atoms with Gasteiger partial charge in [-0.15, -0.1) is 0 Å². The van der Waals surface area contributed by atoms with Crippen LogP contribution in [0.4, 0.5) is 10.5 Å². The molecule has 1 aromatic rings. The Kier molecular flexibility index (Phi) is 6.79. The Morgan fingerprint density at radius 2 is 1.87 bits per heavy atom. The summed E-state index contributed by atoms with van der Waals surface area (Å²) in [6.45, 7) is 7.13. The van der Waals surface area contributed by atoms with Crippen molar-refractivity contribution in [1.82, 2.24) is 5.32 Å². The van der Waals surface area contributed by atoms with Gasteiger partial charge in [-0.2, -0.15) is 0 Å². The lowest BCUT2D eigenvalue weighted by Crippen LogP contribution is -2.47. The van der Waals surface area contributed by atoms with Crippen LogP contribution in [0.2, 0.25) is 0 Å². The third-order valence-electron chi connectivity index (χ3n) is 2.98. The molecule has 0 saturated carbocycles. The quantitative estimate of drug-likeness (QED) is 0.524. The van der Waals surface area contributed by atoms with E-state index in [0.29, 0.717) is 11.3 Å². The highest BCUT2D eigenvalue weighted by molar-refractivity contribution is 5.95. The fourth-order valence-corrected chi connectivity index (χ4v) is 1.75. The molecule has 0 aliphatic heterocycles. The molecule has 0 fully saturated rings. The number of ether oxygens (including phenoxy) is 1. The second-order valence-corrected chi connectivity index (χ2v) is 5.18. The smallest absolute Gasteiger partial charge is 0.329 e. The predicted octanol–water partition coefficient (Wildman–Crippen LogP) is 1.66. The first-order valence-electron chi connectivity index (χ1n) is 7.10. The molecular formula is C16H21N3O4. The van der Waals surface area contributed by atoms with Crippen LogP contribution in [0.3, 0.4) is 0 Å². The van der Waals surface area contributed by atoms with Gasteiger partial charge < -0.3 is 21.1 Å². The van der Waals surface area contributed by atoms with Gasteiger partial charge >= 0.3 is 12.0 Å². The topological polar surface area (TPSA) is 111 Å². The monoisotopic (exact) mass is 319 g/mol. The molecule has 23 heavy (non-hydrogen) atoms. The van der Waals surface area contributed by atoms with Crippen molar-refractivity contribution in [2.45, 2.75) is 19.9 Å². The van der Waals surface area contributed by atoms with Crippen molar-refractivity contribution in [3.8, 4) is 0 Å². The van der Waals surface area contributed by atoms with Gasteiger partial charge in [0.05, 0.1) is 0 Å². The SMILES string of the molecule is C=CCOC(=O)C(NC(=O)Nc1ccc(C(N)=O)cc1)C(C)C. The molecule has 0 heterocycles. The average molecular weight is 319 g/mol. The first kappa shape index (κ1) is 18.2. The van der Waals surface area contributed by atoms with Gasteiger partial charge in [0.2, 0.25) is 5.91 Å². The lowest BCUT2D eigenvalue weighted by atomic mass is 10.1. The van der Waals surface area contributed by atoms with Crippen LogP contribution in [0, 0.1) is 5.92 Å². The molecule has 0 spiro atoms. The van der Waals surface area contributed by atoms with Crippen LogP contribution < -0.4 is 16.4 Å². The van der Waals surface area contributed by atoms with Crippen LogP contribution in [0.15, 0.2) is 36.9 Å². The highest BCUT2D eigenvalue weighted by atomic mass is 16.5. The number of benzene rings is 1. The van der Waals surface area contributed by atoms with E-state index in [2.05, 4.69) is 17.2 Å². The first-order valence-corrected chi connectivity index (χ1v) is 7.10. The Labute approximate surface area is 134 Å². The number of primary amides is 1. The van der Waals surface area contributed by atoms with Crippen LogP contribution >= 0.6 is 0 Å². The largest absolute Gasteiger partial charge is 0.460 e. The lowest BCUT2D eigenvalue weighted by Gasteiger charge is -2.20. The van der Waals surface area contributed by atoms with Crippen LogP contribution in [-0.2, 0) is 9.53 Å². The number of nitrogens with two attached hydrogens (primary N) is 1. The molecule has 0 bridgehead atoms. The van der Waals surface area contributed by atoms with Crippen molar-refractivity contribution in [2.75, 3.05) is 11.9 Å². The number of esters is 1. The maximum absolute atomic E-state index is 12.0. The van der Waals surface area contributed by atoms with E-state index in [1.54, 1.807) is 26.0 Å². The van der Waals surface area contributed by atoms with Crippen LogP contribution in [0.5, 0.6) is 0 Å². The zero-order valence-electron chi connectivity index (χ0n) is 13.2. The molecule has 124 valence electrons. The Balaban J connectivity index is 2.66. The Hall–Kier alpha value is -2.83. The summed E-state index contributed by atoms with van der Waals surface area (Å²) in [4.78, 5) is 34.9. The number of urea groups is 1.